The fourth-order valence-electron chi connectivity index (χ4n) is 1.79. The summed E-state index contributed by atoms with van der Waals surface area (Å²) in [4.78, 5) is 23.2. The Morgan fingerprint density at radius 2 is 1.33 bits per heavy atom. The third-order valence-electron chi connectivity index (χ3n) is 2.51. The van der Waals surface area contributed by atoms with Crippen LogP contribution < -0.4 is 14.2 Å². The number of hydrogen-bond donors (Lipinski definition) is 0. The Hall–Kier alpha value is -1.76. The number of carbonyl (C=O) groups is 2. The molecule has 18 heavy (non-hydrogen) atoms. The van der Waals surface area contributed by atoms with Crippen molar-refractivity contribution in [2.75, 3.05) is 21.3 Å². The van der Waals surface area contributed by atoms with Crippen molar-refractivity contribution in [3.8, 4) is 17.2 Å². The highest BCUT2D eigenvalue weighted by molar-refractivity contribution is 9.10. The number of cyclic esters (lactones) is 2. The van der Waals surface area contributed by atoms with Crippen LogP contribution >= 0.6 is 15.9 Å². The number of hydrogen-bond acceptors (Lipinski definition) is 6. The first-order chi connectivity index (χ1) is 8.56. The van der Waals surface area contributed by atoms with E-state index in [0.29, 0.717) is 4.47 Å². The minimum Gasteiger partial charge on any atom is -0.492 e. The normalized spacial score (nSPS) is 13.1. The molecule has 0 saturated carbocycles. The smallest absolute Gasteiger partial charge is 0.350 e. The van der Waals surface area contributed by atoms with Gasteiger partial charge in [0.2, 0.25) is 5.75 Å². The number of fused-ring (bicyclic) bond motifs is 1. The topological polar surface area (TPSA) is 71.1 Å². The van der Waals surface area contributed by atoms with Gasteiger partial charge < -0.3 is 18.9 Å². The summed E-state index contributed by atoms with van der Waals surface area (Å²) in [6, 6.07) is 0. The standard InChI is InChI=1S/C11H9BrO6/c1-15-7-5-4(10(13)18-11(5)14)6(12)8(16-2)9(7)17-3/h1-3H3. The summed E-state index contributed by atoms with van der Waals surface area (Å²) >= 11 is 3.20. The first kappa shape index (κ1) is 12.7. The van der Waals surface area contributed by atoms with E-state index in [2.05, 4.69) is 20.7 Å². The van der Waals surface area contributed by atoms with Crippen molar-refractivity contribution >= 4 is 27.9 Å². The van der Waals surface area contributed by atoms with Crippen LogP contribution in [0.2, 0.25) is 0 Å². The zero-order valence-corrected chi connectivity index (χ0v) is 11.4. The third-order valence-corrected chi connectivity index (χ3v) is 3.27. The van der Waals surface area contributed by atoms with Gasteiger partial charge in [-0.25, -0.2) is 9.59 Å². The Balaban J connectivity index is 2.89. The summed E-state index contributed by atoms with van der Waals surface area (Å²) in [7, 11) is 4.18. The Labute approximate surface area is 111 Å². The van der Waals surface area contributed by atoms with Crippen LogP contribution in [-0.2, 0) is 4.74 Å². The average Bonchev–Trinajstić information content (AvgIpc) is 2.64. The SMILES string of the molecule is COc1c(Br)c2c(c(OC)c1OC)C(=O)OC2=O. The molecule has 6 nitrogen and oxygen atoms in total. The van der Waals surface area contributed by atoms with E-state index in [9.17, 15) is 9.59 Å². The van der Waals surface area contributed by atoms with Crippen molar-refractivity contribution in [3.63, 3.8) is 0 Å². The molecule has 1 aromatic carbocycles. The van der Waals surface area contributed by atoms with Crippen LogP contribution in [0.3, 0.4) is 0 Å². The van der Waals surface area contributed by atoms with Crippen LogP contribution in [0.25, 0.3) is 0 Å². The molecule has 0 unspecified atom stereocenters. The summed E-state index contributed by atoms with van der Waals surface area (Å²) < 4.78 is 20.3. The third kappa shape index (κ3) is 1.54. The second-order valence-electron chi connectivity index (χ2n) is 3.34. The zero-order chi connectivity index (χ0) is 13.4. The molecule has 1 aromatic rings. The number of ether oxygens (including phenoxy) is 4. The van der Waals surface area contributed by atoms with Crippen molar-refractivity contribution < 1.29 is 28.5 Å². The highest BCUT2D eigenvalue weighted by Crippen LogP contribution is 2.49. The van der Waals surface area contributed by atoms with E-state index in [0.717, 1.165) is 0 Å². The summed E-state index contributed by atoms with van der Waals surface area (Å²) in [5, 5.41) is 0. The second-order valence-corrected chi connectivity index (χ2v) is 4.13. The van der Waals surface area contributed by atoms with Crippen molar-refractivity contribution in [3.05, 3.63) is 15.6 Å². The zero-order valence-electron chi connectivity index (χ0n) is 9.83. The predicted octanol–water partition coefficient (Wildman–Crippen LogP) is 1.79. The molecule has 0 spiro atoms. The number of halogens is 1. The molecule has 0 aromatic heterocycles. The van der Waals surface area contributed by atoms with Crippen LogP contribution in [0.1, 0.15) is 20.7 Å². The maximum atomic E-state index is 11.6. The Bertz CT molecular complexity index is 551. The lowest BCUT2D eigenvalue weighted by atomic mass is 10.1. The lowest BCUT2D eigenvalue weighted by Gasteiger charge is -2.15. The second kappa shape index (κ2) is 4.49. The molecule has 0 saturated heterocycles. The Kier molecular flexibility index (Phi) is 3.16. The quantitative estimate of drug-likeness (QED) is 0.625. The first-order valence-electron chi connectivity index (χ1n) is 4.84. The monoisotopic (exact) mass is 316 g/mol. The molecule has 2 rings (SSSR count). The molecular weight excluding hydrogens is 308 g/mol. The van der Waals surface area contributed by atoms with Crippen molar-refractivity contribution in [2.24, 2.45) is 0 Å². The van der Waals surface area contributed by atoms with Gasteiger partial charge in [0.1, 0.15) is 5.56 Å². The van der Waals surface area contributed by atoms with Gasteiger partial charge in [0, 0.05) is 0 Å². The lowest BCUT2D eigenvalue weighted by Crippen LogP contribution is -2.04. The summed E-state index contributed by atoms with van der Waals surface area (Å²) in [6.07, 6.45) is 0. The Morgan fingerprint density at radius 1 is 0.833 bits per heavy atom. The highest BCUT2D eigenvalue weighted by atomic mass is 79.9. The largest absolute Gasteiger partial charge is 0.492 e. The number of esters is 2. The van der Waals surface area contributed by atoms with E-state index >= 15 is 0 Å². The molecule has 0 bridgehead atoms. The molecule has 0 N–H and O–H groups in total. The van der Waals surface area contributed by atoms with Gasteiger partial charge in [-0.05, 0) is 15.9 Å². The molecule has 0 aliphatic carbocycles. The van der Waals surface area contributed by atoms with Crippen molar-refractivity contribution in [1.82, 2.24) is 0 Å². The molecule has 1 aliphatic heterocycles. The fraction of sp³-hybridized carbons (Fsp3) is 0.273. The van der Waals surface area contributed by atoms with E-state index < -0.39 is 11.9 Å². The minimum absolute atomic E-state index is 0.0343. The predicted molar refractivity (Wildman–Crippen MR) is 63.5 cm³/mol. The van der Waals surface area contributed by atoms with Gasteiger partial charge in [-0.15, -0.1) is 0 Å². The van der Waals surface area contributed by atoms with Crippen LogP contribution in [-0.4, -0.2) is 33.3 Å². The molecule has 96 valence electrons. The molecule has 0 atom stereocenters. The maximum Gasteiger partial charge on any atom is 0.350 e. The molecular formula is C11H9BrO6. The molecule has 0 amide bonds. The van der Waals surface area contributed by atoms with Crippen LogP contribution in [0.15, 0.2) is 4.47 Å². The van der Waals surface area contributed by atoms with Crippen LogP contribution in [0, 0.1) is 0 Å². The van der Waals surface area contributed by atoms with E-state index in [1.165, 1.54) is 21.3 Å². The molecule has 0 radical (unpaired) electrons. The van der Waals surface area contributed by atoms with Gasteiger partial charge in [-0.2, -0.15) is 0 Å². The summed E-state index contributed by atoms with van der Waals surface area (Å²) in [5.41, 5.74) is 0.113. The van der Waals surface area contributed by atoms with Crippen molar-refractivity contribution in [2.45, 2.75) is 0 Å². The van der Waals surface area contributed by atoms with Gasteiger partial charge in [0.15, 0.2) is 11.5 Å². The average molecular weight is 317 g/mol. The molecule has 7 heteroatoms. The maximum absolute atomic E-state index is 11.6. The number of methoxy groups -OCH3 is 3. The number of rotatable bonds is 3. The molecule has 0 fully saturated rings. The first-order valence-corrected chi connectivity index (χ1v) is 5.64. The van der Waals surface area contributed by atoms with E-state index in [4.69, 9.17) is 14.2 Å². The van der Waals surface area contributed by atoms with Gasteiger partial charge in [0.05, 0.1) is 31.4 Å². The fourth-order valence-corrected chi connectivity index (χ4v) is 2.49. The molecule has 1 aliphatic rings. The van der Waals surface area contributed by atoms with E-state index in [1.54, 1.807) is 0 Å². The summed E-state index contributed by atoms with van der Waals surface area (Å²) in [6.45, 7) is 0. The van der Waals surface area contributed by atoms with Gasteiger partial charge >= 0.3 is 11.9 Å². The van der Waals surface area contributed by atoms with Gasteiger partial charge in [0.25, 0.3) is 0 Å². The lowest BCUT2D eigenvalue weighted by molar-refractivity contribution is 0.0442. The molecule has 1 heterocycles. The van der Waals surface area contributed by atoms with Gasteiger partial charge in [-0.1, -0.05) is 0 Å². The van der Waals surface area contributed by atoms with Gasteiger partial charge in [-0.3, -0.25) is 0 Å². The minimum atomic E-state index is -0.770. The number of benzene rings is 1. The Morgan fingerprint density at radius 3 is 1.83 bits per heavy atom. The van der Waals surface area contributed by atoms with Crippen LogP contribution in [0.4, 0.5) is 0 Å². The summed E-state index contributed by atoms with van der Waals surface area (Å²) in [5.74, 6) is -0.921. The van der Waals surface area contributed by atoms with E-state index in [-0.39, 0.29) is 28.4 Å². The number of carbonyl (C=O) groups excluding carboxylic acids is 2. The van der Waals surface area contributed by atoms with E-state index in [1.807, 2.05) is 0 Å². The van der Waals surface area contributed by atoms with Crippen LogP contribution in [0.5, 0.6) is 17.2 Å². The van der Waals surface area contributed by atoms with Crippen molar-refractivity contribution in [1.29, 1.82) is 0 Å². The highest BCUT2D eigenvalue weighted by Gasteiger charge is 2.40.